The van der Waals surface area contributed by atoms with E-state index in [-0.39, 0.29) is 4.75 Å². The summed E-state index contributed by atoms with van der Waals surface area (Å²) in [5, 5.41) is 3.59. The van der Waals surface area contributed by atoms with Crippen LogP contribution in [0.2, 0.25) is 0 Å². The third-order valence-electron chi connectivity index (χ3n) is 2.43. The highest BCUT2D eigenvalue weighted by Gasteiger charge is 2.16. The van der Waals surface area contributed by atoms with Gasteiger partial charge in [0.25, 0.3) is 0 Å². The average molecular weight is 187 g/mol. The smallest absolute Gasteiger partial charge is 0.0198 e. The predicted molar refractivity (Wildman–Crippen MR) is 57.9 cm³/mol. The molecular formula is C10H21NS. The fraction of sp³-hybridized carbons (Fsp3) is 1.00. The van der Waals surface area contributed by atoms with E-state index in [4.69, 9.17) is 0 Å². The first-order valence-electron chi connectivity index (χ1n) is 5.04. The summed E-state index contributed by atoms with van der Waals surface area (Å²) in [6.07, 6.45) is 6.98. The Hall–Kier alpha value is 0.310. The molecule has 1 rings (SSSR count). The summed E-state index contributed by atoms with van der Waals surface area (Å²) in [5.41, 5.74) is 0. The highest BCUT2D eigenvalue weighted by atomic mass is 32.1. The fourth-order valence-electron chi connectivity index (χ4n) is 1.70. The maximum absolute atomic E-state index is 4.49. The van der Waals surface area contributed by atoms with Gasteiger partial charge in [-0.1, -0.05) is 19.3 Å². The summed E-state index contributed by atoms with van der Waals surface area (Å²) in [5.74, 6) is 0. The molecule has 0 aromatic rings. The van der Waals surface area contributed by atoms with E-state index in [0.29, 0.717) is 0 Å². The predicted octanol–water partition coefficient (Wildman–Crippen LogP) is 2.62. The van der Waals surface area contributed by atoms with Crippen molar-refractivity contribution in [1.82, 2.24) is 5.32 Å². The maximum Gasteiger partial charge on any atom is 0.0198 e. The summed E-state index contributed by atoms with van der Waals surface area (Å²) in [4.78, 5) is 0. The van der Waals surface area contributed by atoms with E-state index in [1.165, 1.54) is 32.1 Å². The van der Waals surface area contributed by atoms with Crippen molar-refractivity contribution in [1.29, 1.82) is 0 Å². The first kappa shape index (κ1) is 10.4. The molecule has 0 spiro atoms. The molecule has 0 radical (unpaired) electrons. The van der Waals surface area contributed by atoms with Crippen LogP contribution in [0.5, 0.6) is 0 Å². The Kier molecular flexibility index (Phi) is 3.91. The van der Waals surface area contributed by atoms with Gasteiger partial charge in [0, 0.05) is 17.3 Å². The maximum atomic E-state index is 4.49. The minimum absolute atomic E-state index is 0.136. The van der Waals surface area contributed by atoms with E-state index in [0.717, 1.165) is 12.6 Å². The Balaban J connectivity index is 2.13. The van der Waals surface area contributed by atoms with Crippen molar-refractivity contribution in [3.05, 3.63) is 0 Å². The van der Waals surface area contributed by atoms with Gasteiger partial charge in [0.2, 0.25) is 0 Å². The topological polar surface area (TPSA) is 12.0 Å². The highest BCUT2D eigenvalue weighted by molar-refractivity contribution is 7.81. The van der Waals surface area contributed by atoms with Gasteiger partial charge in [-0.3, -0.25) is 0 Å². The minimum Gasteiger partial charge on any atom is -0.313 e. The van der Waals surface area contributed by atoms with Crippen LogP contribution in [0.25, 0.3) is 0 Å². The summed E-state index contributed by atoms with van der Waals surface area (Å²) >= 11 is 4.49. The van der Waals surface area contributed by atoms with Gasteiger partial charge >= 0.3 is 0 Å². The van der Waals surface area contributed by atoms with Crippen LogP contribution < -0.4 is 5.32 Å². The molecule has 0 bridgehead atoms. The van der Waals surface area contributed by atoms with Gasteiger partial charge in [-0.2, -0.15) is 12.6 Å². The van der Waals surface area contributed by atoms with Crippen LogP contribution >= 0.6 is 12.6 Å². The summed E-state index contributed by atoms with van der Waals surface area (Å²) < 4.78 is 0.136. The van der Waals surface area contributed by atoms with E-state index in [9.17, 15) is 0 Å². The first-order valence-corrected chi connectivity index (χ1v) is 5.48. The fourth-order valence-corrected chi connectivity index (χ4v) is 1.79. The molecule has 0 aromatic carbocycles. The first-order chi connectivity index (χ1) is 5.58. The van der Waals surface area contributed by atoms with Crippen LogP contribution in [0.15, 0.2) is 0 Å². The monoisotopic (exact) mass is 187 g/mol. The summed E-state index contributed by atoms with van der Waals surface area (Å²) in [7, 11) is 0. The number of rotatable bonds is 3. The van der Waals surface area contributed by atoms with Crippen molar-refractivity contribution < 1.29 is 0 Å². The van der Waals surface area contributed by atoms with Crippen molar-refractivity contribution in [2.45, 2.75) is 56.7 Å². The van der Waals surface area contributed by atoms with Gasteiger partial charge in [0.05, 0.1) is 0 Å². The zero-order chi connectivity index (χ0) is 9.03. The second-order valence-corrected chi connectivity index (χ2v) is 5.74. The summed E-state index contributed by atoms with van der Waals surface area (Å²) in [6.45, 7) is 5.35. The molecule has 0 heterocycles. The molecule has 2 heteroatoms. The Morgan fingerprint density at radius 1 is 1.25 bits per heavy atom. The highest BCUT2D eigenvalue weighted by Crippen LogP contribution is 2.18. The van der Waals surface area contributed by atoms with Crippen molar-refractivity contribution in [2.75, 3.05) is 6.54 Å². The zero-order valence-corrected chi connectivity index (χ0v) is 9.16. The average Bonchev–Trinajstić information content (AvgIpc) is 2.02. The van der Waals surface area contributed by atoms with Gasteiger partial charge in [0.15, 0.2) is 0 Å². The lowest BCUT2D eigenvalue weighted by Gasteiger charge is -2.27. The quantitative estimate of drug-likeness (QED) is 0.647. The second kappa shape index (κ2) is 4.52. The lowest BCUT2D eigenvalue weighted by Crippen LogP contribution is -2.38. The van der Waals surface area contributed by atoms with Crippen molar-refractivity contribution in [3.8, 4) is 0 Å². The Labute approximate surface area is 81.7 Å². The molecule has 12 heavy (non-hydrogen) atoms. The van der Waals surface area contributed by atoms with Crippen LogP contribution in [-0.4, -0.2) is 17.3 Å². The molecule has 0 amide bonds. The van der Waals surface area contributed by atoms with Crippen LogP contribution in [0.4, 0.5) is 0 Å². The molecule has 0 aromatic heterocycles. The summed E-state index contributed by atoms with van der Waals surface area (Å²) in [6, 6.07) is 0.769. The second-order valence-electron chi connectivity index (χ2n) is 4.53. The normalized spacial score (nSPS) is 21.2. The lowest BCUT2D eigenvalue weighted by molar-refractivity contribution is 0.365. The molecule has 0 aliphatic heterocycles. The molecule has 1 saturated carbocycles. The zero-order valence-electron chi connectivity index (χ0n) is 8.27. The molecule has 0 saturated heterocycles. The van der Waals surface area contributed by atoms with E-state index in [2.05, 4.69) is 31.8 Å². The number of nitrogens with one attached hydrogen (secondary N) is 1. The van der Waals surface area contributed by atoms with Crippen LogP contribution in [0.1, 0.15) is 46.0 Å². The molecule has 0 atom stereocenters. The molecule has 72 valence electrons. The number of hydrogen-bond donors (Lipinski definition) is 2. The molecule has 1 fully saturated rings. The van der Waals surface area contributed by atoms with Gasteiger partial charge in [0.1, 0.15) is 0 Å². The van der Waals surface area contributed by atoms with E-state index >= 15 is 0 Å². The van der Waals surface area contributed by atoms with Gasteiger partial charge < -0.3 is 5.32 Å². The molecule has 1 aliphatic carbocycles. The van der Waals surface area contributed by atoms with Gasteiger partial charge in [-0.05, 0) is 26.7 Å². The molecule has 0 unspecified atom stereocenters. The van der Waals surface area contributed by atoms with E-state index in [1.807, 2.05) is 0 Å². The minimum atomic E-state index is 0.136. The van der Waals surface area contributed by atoms with Crippen LogP contribution in [-0.2, 0) is 0 Å². The largest absolute Gasteiger partial charge is 0.313 e. The Bertz CT molecular complexity index is 122. The SMILES string of the molecule is CC(C)(S)CNC1CCCCC1. The Morgan fingerprint density at radius 2 is 1.83 bits per heavy atom. The molecule has 1 N–H and O–H groups in total. The van der Waals surface area contributed by atoms with Crippen LogP contribution in [0.3, 0.4) is 0 Å². The van der Waals surface area contributed by atoms with E-state index < -0.39 is 0 Å². The van der Waals surface area contributed by atoms with Crippen LogP contribution in [0, 0.1) is 0 Å². The molecular weight excluding hydrogens is 166 g/mol. The Morgan fingerprint density at radius 3 is 2.33 bits per heavy atom. The number of thiol groups is 1. The molecule has 1 aliphatic rings. The van der Waals surface area contributed by atoms with Gasteiger partial charge in [-0.25, -0.2) is 0 Å². The molecule has 1 nitrogen and oxygen atoms in total. The standard InChI is InChI=1S/C10H21NS/c1-10(2,12)8-11-9-6-4-3-5-7-9/h9,11-12H,3-8H2,1-2H3. The third kappa shape index (κ3) is 4.36. The van der Waals surface area contributed by atoms with Crippen molar-refractivity contribution in [3.63, 3.8) is 0 Å². The lowest BCUT2D eigenvalue weighted by atomic mass is 9.95. The van der Waals surface area contributed by atoms with Crippen molar-refractivity contribution in [2.24, 2.45) is 0 Å². The third-order valence-corrected chi connectivity index (χ3v) is 2.59. The van der Waals surface area contributed by atoms with Crippen molar-refractivity contribution >= 4 is 12.6 Å². The van der Waals surface area contributed by atoms with Gasteiger partial charge in [-0.15, -0.1) is 0 Å². The number of hydrogen-bond acceptors (Lipinski definition) is 2. The van der Waals surface area contributed by atoms with E-state index in [1.54, 1.807) is 0 Å².